The van der Waals surface area contributed by atoms with Gasteiger partial charge in [0, 0.05) is 37.7 Å². The fraction of sp³-hybridized carbons (Fsp3) is 0.632. The van der Waals surface area contributed by atoms with Gasteiger partial charge in [-0.1, -0.05) is 23.7 Å². The quantitative estimate of drug-likeness (QED) is 0.198. The van der Waals surface area contributed by atoms with E-state index < -0.39 is 10.0 Å². The Balaban J connectivity index is 0.00000420. The highest BCUT2D eigenvalue weighted by Crippen LogP contribution is 2.35. The molecule has 0 bridgehead atoms. The van der Waals surface area contributed by atoms with Crippen molar-refractivity contribution >= 4 is 51.6 Å². The predicted molar refractivity (Wildman–Crippen MR) is 132 cm³/mol. The summed E-state index contributed by atoms with van der Waals surface area (Å²) in [5, 5.41) is 7.43. The van der Waals surface area contributed by atoms with Gasteiger partial charge < -0.3 is 10.6 Å². The van der Waals surface area contributed by atoms with Crippen molar-refractivity contribution in [2.24, 2.45) is 10.9 Å². The van der Waals surface area contributed by atoms with Crippen molar-refractivity contribution in [2.75, 3.05) is 46.5 Å². The molecule has 2 rings (SSSR count). The molecule has 0 amide bonds. The number of nitrogens with zero attached hydrogens (tertiary/aromatic N) is 2. The van der Waals surface area contributed by atoms with E-state index in [0.29, 0.717) is 31.5 Å². The zero-order chi connectivity index (χ0) is 20.6. The first kappa shape index (κ1) is 26.4. The van der Waals surface area contributed by atoms with E-state index >= 15 is 0 Å². The van der Waals surface area contributed by atoms with Gasteiger partial charge in [0.05, 0.1) is 6.26 Å². The Morgan fingerprint density at radius 1 is 1.31 bits per heavy atom. The van der Waals surface area contributed by atoms with Gasteiger partial charge in [-0.25, -0.2) is 13.1 Å². The molecular weight excluding hydrogens is 525 g/mol. The molecule has 7 nitrogen and oxygen atoms in total. The molecule has 0 saturated carbocycles. The molecule has 1 aromatic rings. The number of halogens is 2. The molecule has 2 atom stereocenters. The Bertz CT molecular complexity index is 763. The summed E-state index contributed by atoms with van der Waals surface area (Å²) in [5.41, 5.74) is 1.25. The lowest BCUT2D eigenvalue weighted by molar-refractivity contribution is 0.122. The van der Waals surface area contributed by atoms with Gasteiger partial charge in [0.2, 0.25) is 10.0 Å². The average Bonchev–Trinajstić information content (AvgIpc) is 2.63. The summed E-state index contributed by atoms with van der Waals surface area (Å²) in [6.45, 7) is 2.94. The number of nitrogens with one attached hydrogen (secondary N) is 3. The number of aliphatic imine (C=N–C) groups is 1. The van der Waals surface area contributed by atoms with Crippen molar-refractivity contribution in [2.45, 2.75) is 25.3 Å². The lowest BCUT2D eigenvalue weighted by Gasteiger charge is -2.40. The summed E-state index contributed by atoms with van der Waals surface area (Å²) < 4.78 is 24.6. The molecule has 0 aromatic heterocycles. The number of hydrogen-bond acceptors (Lipinski definition) is 4. The minimum absolute atomic E-state index is 0. The van der Waals surface area contributed by atoms with Crippen LogP contribution < -0.4 is 15.4 Å². The number of sulfonamides is 1. The zero-order valence-electron chi connectivity index (χ0n) is 17.3. The van der Waals surface area contributed by atoms with Crippen LogP contribution in [0.15, 0.2) is 29.3 Å². The maximum atomic E-state index is 11.1. The highest BCUT2D eigenvalue weighted by atomic mass is 127. The molecule has 3 N–H and O–H groups in total. The van der Waals surface area contributed by atoms with Crippen LogP contribution in [-0.4, -0.2) is 65.8 Å². The smallest absolute Gasteiger partial charge is 0.208 e. The summed E-state index contributed by atoms with van der Waals surface area (Å²) in [4.78, 5) is 6.67. The lowest BCUT2D eigenvalue weighted by Crippen LogP contribution is -2.45. The molecule has 1 aliphatic rings. The van der Waals surface area contributed by atoms with Gasteiger partial charge in [0.1, 0.15) is 0 Å². The van der Waals surface area contributed by atoms with E-state index in [0.717, 1.165) is 30.5 Å². The number of guanidine groups is 1. The number of benzene rings is 1. The summed E-state index contributed by atoms with van der Waals surface area (Å²) in [6, 6.07) is 8.44. The SMILES string of the molecule is CN=C(NCCCNS(C)(=O)=O)NCC1CCCN(C)C1c1cccc(Cl)c1.I. The second kappa shape index (κ2) is 12.9. The monoisotopic (exact) mass is 557 g/mol. The minimum atomic E-state index is -3.13. The highest BCUT2D eigenvalue weighted by Gasteiger charge is 2.30. The van der Waals surface area contributed by atoms with Crippen LogP contribution in [0.1, 0.15) is 30.9 Å². The van der Waals surface area contributed by atoms with E-state index in [2.05, 4.69) is 44.4 Å². The van der Waals surface area contributed by atoms with Crippen molar-refractivity contribution in [3.63, 3.8) is 0 Å². The summed E-state index contributed by atoms with van der Waals surface area (Å²) in [5.74, 6) is 1.18. The molecule has 1 aliphatic heterocycles. The Morgan fingerprint density at radius 3 is 2.72 bits per heavy atom. The van der Waals surface area contributed by atoms with Crippen LogP contribution >= 0.6 is 35.6 Å². The van der Waals surface area contributed by atoms with Crippen molar-refractivity contribution in [1.82, 2.24) is 20.3 Å². The van der Waals surface area contributed by atoms with Gasteiger partial charge >= 0.3 is 0 Å². The molecule has 0 aliphatic carbocycles. The summed E-state index contributed by atoms with van der Waals surface area (Å²) in [6.07, 6.45) is 4.16. The lowest BCUT2D eigenvalue weighted by atomic mass is 9.85. The Morgan fingerprint density at radius 2 is 2.07 bits per heavy atom. The van der Waals surface area contributed by atoms with Gasteiger partial charge in [0.15, 0.2) is 5.96 Å². The van der Waals surface area contributed by atoms with E-state index in [4.69, 9.17) is 11.6 Å². The third-order valence-corrected chi connectivity index (χ3v) is 5.93. The molecule has 0 spiro atoms. The minimum Gasteiger partial charge on any atom is -0.356 e. The van der Waals surface area contributed by atoms with E-state index in [1.807, 2.05) is 12.1 Å². The Hall–Kier alpha value is -0.620. The highest BCUT2D eigenvalue weighted by molar-refractivity contribution is 14.0. The molecule has 166 valence electrons. The fourth-order valence-electron chi connectivity index (χ4n) is 3.69. The first-order valence-corrected chi connectivity index (χ1v) is 11.9. The molecule has 1 fully saturated rings. The van der Waals surface area contributed by atoms with Crippen LogP contribution in [-0.2, 0) is 10.0 Å². The molecular formula is C19H33ClIN5O2S. The van der Waals surface area contributed by atoms with Crippen LogP contribution in [0.3, 0.4) is 0 Å². The molecule has 1 heterocycles. The number of rotatable bonds is 8. The van der Waals surface area contributed by atoms with E-state index in [-0.39, 0.29) is 24.0 Å². The average molecular weight is 558 g/mol. The molecule has 1 aromatic carbocycles. The number of likely N-dealkylation sites (tertiary alicyclic amines) is 1. The van der Waals surface area contributed by atoms with Crippen LogP contribution in [0.25, 0.3) is 0 Å². The zero-order valence-corrected chi connectivity index (χ0v) is 21.2. The predicted octanol–water partition coefficient (Wildman–Crippen LogP) is 2.45. The van der Waals surface area contributed by atoms with E-state index in [1.54, 1.807) is 7.05 Å². The second-order valence-electron chi connectivity index (χ2n) is 7.28. The standard InChI is InChI=1S/C19H32ClN5O2S.HI/c1-21-19(22-10-6-11-24-28(3,26)27)23-14-16-8-5-12-25(2)18(16)15-7-4-9-17(20)13-15;/h4,7,9,13,16,18,24H,5-6,8,10-12,14H2,1-3H3,(H2,21,22,23);1H. The van der Waals surface area contributed by atoms with E-state index in [1.165, 1.54) is 18.2 Å². The maximum absolute atomic E-state index is 11.1. The summed E-state index contributed by atoms with van der Waals surface area (Å²) >= 11 is 6.21. The van der Waals surface area contributed by atoms with Crippen molar-refractivity contribution < 1.29 is 8.42 Å². The van der Waals surface area contributed by atoms with Gasteiger partial charge in [-0.15, -0.1) is 24.0 Å². The van der Waals surface area contributed by atoms with Crippen LogP contribution in [0, 0.1) is 5.92 Å². The normalized spacial score (nSPS) is 20.8. The van der Waals surface area contributed by atoms with Crippen LogP contribution in [0.5, 0.6) is 0 Å². The number of hydrogen-bond donors (Lipinski definition) is 3. The molecule has 1 saturated heterocycles. The van der Waals surface area contributed by atoms with E-state index in [9.17, 15) is 8.42 Å². The molecule has 10 heteroatoms. The topological polar surface area (TPSA) is 85.8 Å². The van der Waals surface area contributed by atoms with Gasteiger partial charge in [-0.3, -0.25) is 9.89 Å². The van der Waals surface area contributed by atoms with Crippen molar-refractivity contribution in [3.8, 4) is 0 Å². The largest absolute Gasteiger partial charge is 0.356 e. The van der Waals surface area contributed by atoms with Crippen molar-refractivity contribution in [1.29, 1.82) is 0 Å². The molecule has 2 unspecified atom stereocenters. The summed E-state index contributed by atoms with van der Waals surface area (Å²) in [7, 11) is 0.774. The Kier molecular flexibility index (Phi) is 11.8. The van der Waals surface area contributed by atoms with Gasteiger partial charge in [-0.05, 0) is 56.5 Å². The number of piperidine rings is 1. The van der Waals surface area contributed by atoms with Crippen LogP contribution in [0.2, 0.25) is 5.02 Å². The first-order chi connectivity index (χ1) is 13.3. The Labute approximate surface area is 197 Å². The van der Waals surface area contributed by atoms with Gasteiger partial charge in [0.25, 0.3) is 0 Å². The van der Waals surface area contributed by atoms with Gasteiger partial charge in [-0.2, -0.15) is 0 Å². The maximum Gasteiger partial charge on any atom is 0.208 e. The van der Waals surface area contributed by atoms with Crippen LogP contribution in [0.4, 0.5) is 0 Å². The first-order valence-electron chi connectivity index (χ1n) is 9.65. The fourth-order valence-corrected chi connectivity index (χ4v) is 4.41. The third-order valence-electron chi connectivity index (χ3n) is 4.96. The third kappa shape index (κ3) is 9.37. The van der Waals surface area contributed by atoms with Crippen molar-refractivity contribution in [3.05, 3.63) is 34.9 Å². The second-order valence-corrected chi connectivity index (χ2v) is 9.55. The molecule has 0 radical (unpaired) electrons. The molecule has 29 heavy (non-hydrogen) atoms.